The number of methoxy groups -OCH3 is 1. The topological polar surface area (TPSA) is 64.3 Å². The molecule has 2 rings (SSSR count). The molecule has 0 atom stereocenters. The first-order valence-corrected chi connectivity index (χ1v) is 8.11. The molecule has 1 amide bonds. The van der Waals surface area contributed by atoms with Gasteiger partial charge in [0.25, 0.3) is 5.91 Å². The zero-order valence-corrected chi connectivity index (χ0v) is 13.2. The van der Waals surface area contributed by atoms with Crippen LogP contribution in [-0.4, -0.2) is 23.5 Å². The number of carbonyl (C=O) groups is 1. The second kappa shape index (κ2) is 6.54. The molecule has 1 aromatic rings. The standard InChI is InChI=1S/C14H20N2O2S2/c1-18-10-8-11(20-9-10)12(17)16-14(13(15)19)6-4-2-3-5-7-14/h8-9H,2-7H2,1H3,(H2,15,19)(H,16,17). The Hall–Kier alpha value is -1.14. The molecule has 0 aliphatic heterocycles. The van der Waals surface area contributed by atoms with Gasteiger partial charge in [-0.05, 0) is 12.8 Å². The van der Waals surface area contributed by atoms with Gasteiger partial charge in [-0.3, -0.25) is 4.79 Å². The SMILES string of the molecule is COc1csc(C(=O)NC2(C(N)=S)CCCCCC2)c1. The monoisotopic (exact) mass is 312 g/mol. The third-order valence-electron chi connectivity index (χ3n) is 3.82. The van der Waals surface area contributed by atoms with Crippen LogP contribution in [0.2, 0.25) is 0 Å². The summed E-state index contributed by atoms with van der Waals surface area (Å²) in [5, 5.41) is 4.89. The summed E-state index contributed by atoms with van der Waals surface area (Å²) in [5.74, 6) is 0.582. The van der Waals surface area contributed by atoms with Crippen molar-refractivity contribution < 1.29 is 9.53 Å². The van der Waals surface area contributed by atoms with E-state index in [1.165, 1.54) is 24.2 Å². The molecule has 3 N–H and O–H groups in total. The highest BCUT2D eigenvalue weighted by atomic mass is 32.1. The number of rotatable bonds is 4. The van der Waals surface area contributed by atoms with Gasteiger partial charge in [0, 0.05) is 11.4 Å². The van der Waals surface area contributed by atoms with Crippen LogP contribution in [0.5, 0.6) is 5.75 Å². The zero-order valence-electron chi connectivity index (χ0n) is 11.6. The van der Waals surface area contributed by atoms with E-state index in [-0.39, 0.29) is 5.91 Å². The lowest BCUT2D eigenvalue weighted by Gasteiger charge is -2.32. The van der Waals surface area contributed by atoms with Crippen molar-refractivity contribution in [1.29, 1.82) is 0 Å². The van der Waals surface area contributed by atoms with Crippen molar-refractivity contribution in [3.63, 3.8) is 0 Å². The van der Waals surface area contributed by atoms with Crippen LogP contribution >= 0.6 is 23.6 Å². The van der Waals surface area contributed by atoms with Gasteiger partial charge in [-0.25, -0.2) is 0 Å². The summed E-state index contributed by atoms with van der Waals surface area (Å²) in [6.07, 6.45) is 6.10. The number of carbonyl (C=O) groups excluding carboxylic acids is 1. The lowest BCUT2D eigenvalue weighted by atomic mass is 9.90. The zero-order chi connectivity index (χ0) is 14.6. The summed E-state index contributed by atoms with van der Waals surface area (Å²) < 4.78 is 5.11. The van der Waals surface area contributed by atoms with Crippen molar-refractivity contribution in [1.82, 2.24) is 5.32 Å². The Kier molecular flexibility index (Phi) is 4.99. The summed E-state index contributed by atoms with van der Waals surface area (Å²) >= 11 is 6.59. The second-order valence-electron chi connectivity index (χ2n) is 5.17. The van der Waals surface area contributed by atoms with Gasteiger partial charge in [-0.15, -0.1) is 11.3 Å². The molecule has 1 aliphatic rings. The van der Waals surface area contributed by atoms with E-state index in [1.807, 2.05) is 5.38 Å². The van der Waals surface area contributed by atoms with Crippen LogP contribution in [0.15, 0.2) is 11.4 Å². The van der Waals surface area contributed by atoms with E-state index in [4.69, 9.17) is 22.7 Å². The van der Waals surface area contributed by atoms with Gasteiger partial charge in [0.2, 0.25) is 0 Å². The number of thiocarbonyl (C=S) groups is 1. The van der Waals surface area contributed by atoms with Crippen molar-refractivity contribution >= 4 is 34.5 Å². The van der Waals surface area contributed by atoms with Gasteiger partial charge < -0.3 is 15.8 Å². The average molecular weight is 312 g/mol. The van der Waals surface area contributed by atoms with Crippen molar-refractivity contribution in [2.45, 2.75) is 44.1 Å². The molecule has 0 aromatic carbocycles. The van der Waals surface area contributed by atoms with Crippen LogP contribution in [0.25, 0.3) is 0 Å². The van der Waals surface area contributed by atoms with Crippen molar-refractivity contribution in [3.8, 4) is 5.75 Å². The van der Waals surface area contributed by atoms with Crippen LogP contribution in [0, 0.1) is 0 Å². The molecule has 20 heavy (non-hydrogen) atoms. The molecule has 0 radical (unpaired) electrons. The Bertz CT molecular complexity index is 491. The number of thiophene rings is 1. The van der Waals surface area contributed by atoms with Gasteiger partial charge in [0.1, 0.15) is 5.75 Å². The summed E-state index contributed by atoms with van der Waals surface area (Å²) in [5.41, 5.74) is 5.40. The third-order valence-corrected chi connectivity index (χ3v) is 5.11. The Morgan fingerprint density at radius 1 is 1.40 bits per heavy atom. The predicted octanol–water partition coefficient (Wildman–Crippen LogP) is 2.87. The first-order valence-electron chi connectivity index (χ1n) is 6.82. The van der Waals surface area contributed by atoms with E-state index >= 15 is 0 Å². The van der Waals surface area contributed by atoms with Gasteiger partial charge in [0.05, 0.1) is 22.5 Å². The molecular weight excluding hydrogens is 292 g/mol. The van der Waals surface area contributed by atoms with Gasteiger partial charge >= 0.3 is 0 Å². The van der Waals surface area contributed by atoms with Gasteiger partial charge in [-0.2, -0.15) is 0 Å². The average Bonchev–Trinajstić information content (AvgIpc) is 2.79. The van der Waals surface area contributed by atoms with Crippen molar-refractivity contribution in [3.05, 3.63) is 16.3 Å². The van der Waals surface area contributed by atoms with Crippen molar-refractivity contribution in [2.75, 3.05) is 7.11 Å². The molecular formula is C14H20N2O2S2. The Labute approximate surface area is 128 Å². The summed E-state index contributed by atoms with van der Waals surface area (Å²) in [6.45, 7) is 0. The van der Waals surface area contributed by atoms with Crippen LogP contribution in [0.3, 0.4) is 0 Å². The van der Waals surface area contributed by atoms with E-state index < -0.39 is 5.54 Å². The number of ether oxygens (including phenoxy) is 1. The molecule has 4 nitrogen and oxygen atoms in total. The normalized spacial score (nSPS) is 18.1. The molecule has 1 heterocycles. The van der Waals surface area contributed by atoms with Crippen LogP contribution < -0.4 is 15.8 Å². The Morgan fingerprint density at radius 3 is 2.55 bits per heavy atom. The smallest absolute Gasteiger partial charge is 0.262 e. The van der Waals surface area contributed by atoms with Crippen LogP contribution in [0.4, 0.5) is 0 Å². The Morgan fingerprint density at radius 2 is 2.05 bits per heavy atom. The van der Waals surface area contributed by atoms with Gasteiger partial charge in [0.15, 0.2) is 0 Å². The largest absolute Gasteiger partial charge is 0.496 e. The molecule has 0 unspecified atom stereocenters. The summed E-state index contributed by atoms with van der Waals surface area (Å²) in [4.78, 5) is 13.4. The highest BCUT2D eigenvalue weighted by Gasteiger charge is 2.36. The molecule has 6 heteroatoms. The third kappa shape index (κ3) is 3.30. The number of hydrogen-bond acceptors (Lipinski definition) is 4. The lowest BCUT2D eigenvalue weighted by Crippen LogP contribution is -2.56. The summed E-state index contributed by atoms with van der Waals surface area (Å²) in [6, 6.07) is 1.74. The van der Waals surface area contributed by atoms with E-state index in [0.29, 0.717) is 15.6 Å². The molecule has 1 aromatic heterocycles. The maximum atomic E-state index is 12.4. The first kappa shape index (κ1) is 15.3. The minimum absolute atomic E-state index is 0.118. The number of amides is 1. The maximum Gasteiger partial charge on any atom is 0.262 e. The molecule has 110 valence electrons. The molecule has 1 aliphatic carbocycles. The molecule has 1 fully saturated rings. The quantitative estimate of drug-likeness (QED) is 0.663. The fraction of sp³-hybridized carbons (Fsp3) is 0.571. The number of hydrogen-bond donors (Lipinski definition) is 2. The fourth-order valence-electron chi connectivity index (χ4n) is 2.59. The highest BCUT2D eigenvalue weighted by Crippen LogP contribution is 2.29. The van der Waals surface area contributed by atoms with Gasteiger partial charge in [-0.1, -0.05) is 37.9 Å². The molecule has 0 saturated heterocycles. The van der Waals surface area contributed by atoms with E-state index in [0.717, 1.165) is 25.7 Å². The van der Waals surface area contributed by atoms with E-state index in [1.54, 1.807) is 13.2 Å². The number of nitrogens with two attached hydrogens (primary N) is 1. The summed E-state index contributed by atoms with van der Waals surface area (Å²) in [7, 11) is 1.59. The minimum Gasteiger partial charge on any atom is -0.496 e. The first-order chi connectivity index (χ1) is 9.57. The van der Waals surface area contributed by atoms with Crippen LogP contribution in [-0.2, 0) is 0 Å². The molecule has 0 bridgehead atoms. The maximum absolute atomic E-state index is 12.4. The molecule has 0 spiro atoms. The predicted molar refractivity (Wildman–Crippen MR) is 85.6 cm³/mol. The second-order valence-corrected chi connectivity index (χ2v) is 6.52. The van der Waals surface area contributed by atoms with E-state index in [9.17, 15) is 4.79 Å². The molecule has 1 saturated carbocycles. The number of nitrogens with one attached hydrogen (secondary N) is 1. The highest BCUT2D eigenvalue weighted by molar-refractivity contribution is 7.80. The lowest BCUT2D eigenvalue weighted by molar-refractivity contribution is 0.0921. The van der Waals surface area contributed by atoms with Crippen LogP contribution in [0.1, 0.15) is 48.2 Å². The minimum atomic E-state index is -0.528. The van der Waals surface area contributed by atoms with Crippen molar-refractivity contribution in [2.24, 2.45) is 5.73 Å². The fourth-order valence-corrected chi connectivity index (χ4v) is 3.59. The Balaban J connectivity index is 2.14. The van der Waals surface area contributed by atoms with E-state index in [2.05, 4.69) is 5.32 Å².